The molecule has 32 heavy (non-hydrogen) atoms. The molecule has 1 aromatic rings. The molecule has 0 heterocycles. The number of alkyl halides is 3. The lowest BCUT2D eigenvalue weighted by Gasteiger charge is -2.19. The van der Waals surface area contributed by atoms with Crippen molar-refractivity contribution in [3.63, 3.8) is 0 Å². The first-order valence-corrected chi connectivity index (χ1v) is 10.5. The smallest absolute Gasteiger partial charge is 0.416 e. The maximum Gasteiger partial charge on any atom is 0.416 e. The van der Waals surface area contributed by atoms with Crippen molar-refractivity contribution in [2.75, 3.05) is 6.61 Å². The minimum Gasteiger partial charge on any atom is -0.491 e. The van der Waals surface area contributed by atoms with Crippen LogP contribution >= 0.6 is 0 Å². The summed E-state index contributed by atoms with van der Waals surface area (Å²) >= 11 is 0. The van der Waals surface area contributed by atoms with Crippen LogP contribution in [0.3, 0.4) is 0 Å². The van der Waals surface area contributed by atoms with Crippen LogP contribution in [0.2, 0.25) is 0 Å². The number of carboxylic acids is 1. The lowest BCUT2D eigenvalue weighted by molar-refractivity contribution is -0.138. The van der Waals surface area contributed by atoms with Crippen LogP contribution in [-0.2, 0) is 11.0 Å². The molecule has 1 aliphatic carbocycles. The van der Waals surface area contributed by atoms with Crippen molar-refractivity contribution < 1.29 is 43.1 Å². The Balaban J connectivity index is 1.87. The number of ether oxygens (including phenoxy) is 1. The van der Waals surface area contributed by atoms with Gasteiger partial charge in [0.15, 0.2) is 0 Å². The molecule has 1 fully saturated rings. The number of allylic oxidation sites excluding steroid dienone is 2. The van der Waals surface area contributed by atoms with Gasteiger partial charge < -0.3 is 25.2 Å². The molecule has 1 aromatic carbocycles. The van der Waals surface area contributed by atoms with Gasteiger partial charge in [-0.05, 0) is 43.4 Å². The Labute approximate surface area is 184 Å². The quantitative estimate of drug-likeness (QED) is 0.298. The number of hydrogen-bond acceptors (Lipinski definition) is 5. The zero-order chi connectivity index (χ0) is 23.7. The van der Waals surface area contributed by atoms with Crippen molar-refractivity contribution in [3.05, 3.63) is 54.1 Å². The summed E-state index contributed by atoms with van der Waals surface area (Å²) in [5, 5.41) is 39.2. The highest BCUT2D eigenvalue weighted by atomic mass is 19.4. The fourth-order valence-electron chi connectivity index (χ4n) is 3.70. The summed E-state index contributed by atoms with van der Waals surface area (Å²) in [6, 6.07) is 4.36. The second-order valence-corrected chi connectivity index (χ2v) is 7.89. The van der Waals surface area contributed by atoms with E-state index in [4.69, 9.17) is 9.84 Å². The van der Waals surface area contributed by atoms with Gasteiger partial charge in [-0.25, -0.2) is 0 Å². The van der Waals surface area contributed by atoms with Crippen LogP contribution in [0, 0.1) is 11.8 Å². The Kier molecular flexibility index (Phi) is 9.74. The van der Waals surface area contributed by atoms with Gasteiger partial charge in [-0.2, -0.15) is 13.2 Å². The highest BCUT2D eigenvalue weighted by molar-refractivity contribution is 5.66. The highest BCUT2D eigenvalue weighted by Crippen LogP contribution is 2.36. The van der Waals surface area contributed by atoms with Gasteiger partial charge in [0.05, 0.1) is 17.8 Å². The van der Waals surface area contributed by atoms with Gasteiger partial charge in [0.2, 0.25) is 0 Å². The maximum absolute atomic E-state index is 12.8. The summed E-state index contributed by atoms with van der Waals surface area (Å²) in [5.74, 6) is -1.55. The third-order valence-corrected chi connectivity index (χ3v) is 5.39. The Morgan fingerprint density at radius 1 is 1.22 bits per heavy atom. The van der Waals surface area contributed by atoms with E-state index in [1.165, 1.54) is 18.2 Å². The number of carbonyl (C=O) groups is 1. The zero-order valence-corrected chi connectivity index (χ0v) is 17.5. The molecule has 178 valence electrons. The number of aliphatic carboxylic acids is 1. The number of halogens is 3. The van der Waals surface area contributed by atoms with Crippen molar-refractivity contribution in [1.29, 1.82) is 0 Å². The van der Waals surface area contributed by atoms with Crippen molar-refractivity contribution >= 4 is 5.97 Å². The number of rotatable bonds is 11. The van der Waals surface area contributed by atoms with Gasteiger partial charge in [-0.3, -0.25) is 4.79 Å². The van der Waals surface area contributed by atoms with Crippen molar-refractivity contribution in [3.8, 4) is 5.75 Å². The maximum atomic E-state index is 12.8. The van der Waals surface area contributed by atoms with E-state index >= 15 is 0 Å². The Hall–Kier alpha value is -2.36. The topological polar surface area (TPSA) is 107 Å². The van der Waals surface area contributed by atoms with E-state index in [1.54, 1.807) is 6.08 Å². The predicted octanol–water partition coefficient (Wildman–Crippen LogP) is 3.56. The lowest BCUT2D eigenvalue weighted by Crippen LogP contribution is -2.21. The highest BCUT2D eigenvalue weighted by Gasteiger charge is 2.39. The van der Waals surface area contributed by atoms with E-state index in [-0.39, 0.29) is 31.1 Å². The number of unbranched alkanes of at least 4 members (excludes halogenated alkanes) is 1. The molecule has 5 atom stereocenters. The van der Waals surface area contributed by atoms with Crippen LogP contribution in [-0.4, -0.2) is 51.3 Å². The van der Waals surface area contributed by atoms with Crippen molar-refractivity contribution in [1.82, 2.24) is 0 Å². The van der Waals surface area contributed by atoms with E-state index < -0.39 is 41.9 Å². The summed E-state index contributed by atoms with van der Waals surface area (Å²) in [6.07, 6.45) is 1.48. The lowest BCUT2D eigenvalue weighted by atomic mass is 9.89. The number of benzene rings is 1. The van der Waals surface area contributed by atoms with Crippen LogP contribution in [0.15, 0.2) is 48.6 Å². The summed E-state index contributed by atoms with van der Waals surface area (Å²) in [6.45, 7) is -0.267. The normalized spacial score (nSPS) is 24.9. The standard InChI is InChI=1S/C23H29F3O6/c24-23(25,26)15-6-5-7-17(12-15)32-14-16(27)10-11-19-18(20(28)13-21(19)29)8-3-1-2-4-9-22(30)31/h1,3,5-7,10-12,16,18-21,27-29H,2,4,8-9,13-14H2,(H,30,31)/b3-1+,11-10+. The average Bonchev–Trinajstić information content (AvgIpc) is 2.99. The van der Waals surface area contributed by atoms with Crippen molar-refractivity contribution in [2.45, 2.75) is 56.6 Å². The Morgan fingerprint density at radius 3 is 2.66 bits per heavy atom. The van der Waals surface area contributed by atoms with Crippen LogP contribution in [0.25, 0.3) is 0 Å². The molecule has 0 aliphatic heterocycles. The minimum atomic E-state index is -4.49. The van der Waals surface area contributed by atoms with Gasteiger partial charge >= 0.3 is 12.1 Å². The van der Waals surface area contributed by atoms with E-state index in [0.29, 0.717) is 19.3 Å². The molecule has 0 bridgehead atoms. The first-order valence-electron chi connectivity index (χ1n) is 10.5. The van der Waals surface area contributed by atoms with Gasteiger partial charge in [0.25, 0.3) is 0 Å². The molecule has 0 spiro atoms. The van der Waals surface area contributed by atoms with E-state index in [1.807, 2.05) is 12.2 Å². The third kappa shape index (κ3) is 8.29. The van der Waals surface area contributed by atoms with E-state index in [0.717, 1.165) is 12.1 Å². The Bertz CT molecular complexity index is 792. The molecule has 0 aromatic heterocycles. The van der Waals surface area contributed by atoms with Gasteiger partial charge in [0.1, 0.15) is 18.5 Å². The van der Waals surface area contributed by atoms with Gasteiger partial charge in [-0.1, -0.05) is 30.4 Å². The largest absolute Gasteiger partial charge is 0.491 e. The minimum absolute atomic E-state index is 0.0190. The average molecular weight is 458 g/mol. The molecular weight excluding hydrogens is 429 g/mol. The molecule has 5 unspecified atom stereocenters. The first kappa shape index (κ1) is 25.9. The third-order valence-electron chi connectivity index (χ3n) is 5.39. The van der Waals surface area contributed by atoms with Crippen molar-refractivity contribution in [2.24, 2.45) is 11.8 Å². The van der Waals surface area contributed by atoms with Gasteiger partial charge in [-0.15, -0.1) is 0 Å². The van der Waals surface area contributed by atoms with Crippen LogP contribution in [0.4, 0.5) is 13.2 Å². The Morgan fingerprint density at radius 2 is 1.97 bits per heavy atom. The molecule has 2 rings (SSSR count). The molecule has 1 saturated carbocycles. The molecule has 0 saturated heterocycles. The number of aliphatic hydroxyl groups is 3. The molecule has 0 radical (unpaired) electrons. The van der Waals surface area contributed by atoms with E-state index in [9.17, 15) is 33.3 Å². The SMILES string of the molecule is O=C(O)CCC/C=C/CC1C(O)CC(O)C1/C=C/C(O)COc1cccc(C(F)(F)F)c1. The van der Waals surface area contributed by atoms with Crippen LogP contribution < -0.4 is 4.74 Å². The summed E-state index contributed by atoms with van der Waals surface area (Å²) < 4.78 is 43.5. The summed E-state index contributed by atoms with van der Waals surface area (Å²) in [5.41, 5.74) is -0.845. The molecule has 6 nitrogen and oxygen atoms in total. The second kappa shape index (κ2) is 12.0. The fourth-order valence-corrected chi connectivity index (χ4v) is 3.70. The number of aliphatic hydroxyl groups excluding tert-OH is 3. The summed E-state index contributed by atoms with van der Waals surface area (Å²) in [4.78, 5) is 10.5. The molecule has 1 aliphatic rings. The first-order chi connectivity index (χ1) is 15.1. The molecule has 9 heteroatoms. The van der Waals surface area contributed by atoms with Crippen LogP contribution in [0.1, 0.15) is 37.7 Å². The van der Waals surface area contributed by atoms with Gasteiger partial charge in [0, 0.05) is 18.8 Å². The van der Waals surface area contributed by atoms with Crippen LogP contribution in [0.5, 0.6) is 5.75 Å². The number of hydrogen-bond donors (Lipinski definition) is 4. The fraction of sp³-hybridized carbons (Fsp3) is 0.522. The van der Waals surface area contributed by atoms with E-state index in [2.05, 4.69) is 0 Å². The monoisotopic (exact) mass is 458 g/mol. The predicted molar refractivity (Wildman–Crippen MR) is 111 cm³/mol. The summed E-state index contributed by atoms with van der Waals surface area (Å²) in [7, 11) is 0. The molecular formula is C23H29F3O6. The zero-order valence-electron chi connectivity index (χ0n) is 17.5. The number of carboxylic acid groups (broad SMARTS) is 1. The molecule has 0 amide bonds. The molecule has 4 N–H and O–H groups in total. The second-order valence-electron chi connectivity index (χ2n) is 7.89.